The van der Waals surface area contributed by atoms with Crippen LogP contribution < -0.4 is 10.3 Å². The predicted molar refractivity (Wildman–Crippen MR) is 81.7 cm³/mol. The maximum absolute atomic E-state index is 12.5. The lowest BCUT2D eigenvalue weighted by Crippen LogP contribution is -2.18. The summed E-state index contributed by atoms with van der Waals surface area (Å²) in [7, 11) is 0. The average Bonchev–Trinajstić information content (AvgIpc) is 2.47. The molecule has 1 heterocycles. The van der Waals surface area contributed by atoms with Crippen molar-refractivity contribution in [1.82, 2.24) is 4.98 Å². The Labute approximate surface area is 133 Å². The molecule has 3 aromatic rings. The highest BCUT2D eigenvalue weighted by atomic mass is 35.5. The van der Waals surface area contributed by atoms with Gasteiger partial charge < -0.3 is 9.72 Å². The van der Waals surface area contributed by atoms with Crippen LogP contribution in [0.15, 0.2) is 53.3 Å². The van der Waals surface area contributed by atoms with Crippen LogP contribution in [0.2, 0.25) is 5.02 Å². The summed E-state index contributed by atoms with van der Waals surface area (Å²) in [5, 5.41) is 1.32. The van der Waals surface area contributed by atoms with Gasteiger partial charge in [0.2, 0.25) is 0 Å². The van der Waals surface area contributed by atoms with Crippen LogP contribution in [-0.2, 0) is 0 Å². The molecule has 0 saturated heterocycles. The van der Waals surface area contributed by atoms with Crippen LogP contribution in [0.4, 0.5) is 13.2 Å². The smallest absolute Gasteiger partial charge is 0.405 e. The highest BCUT2D eigenvalue weighted by Gasteiger charge is 2.32. The number of H-pyrrole nitrogens is 1. The minimum atomic E-state index is -4.82. The number of halogens is 4. The molecule has 0 amide bonds. The molecule has 0 bridgehead atoms. The number of benzene rings is 2. The van der Waals surface area contributed by atoms with Crippen LogP contribution in [0.25, 0.3) is 22.0 Å². The van der Waals surface area contributed by atoms with E-state index in [-0.39, 0.29) is 17.0 Å². The van der Waals surface area contributed by atoms with E-state index in [0.717, 1.165) is 0 Å². The van der Waals surface area contributed by atoms with E-state index in [0.29, 0.717) is 15.8 Å². The Kier molecular flexibility index (Phi) is 3.77. The Hall–Kier alpha value is -2.47. The van der Waals surface area contributed by atoms with E-state index in [1.165, 1.54) is 24.3 Å². The number of aromatic amines is 1. The summed E-state index contributed by atoms with van der Waals surface area (Å²) in [6.07, 6.45) is -4.82. The molecule has 0 aliphatic carbocycles. The first kappa shape index (κ1) is 15.4. The maximum atomic E-state index is 12.5. The largest absolute Gasteiger partial charge is 0.573 e. The number of aromatic nitrogens is 1. The van der Waals surface area contributed by atoms with Gasteiger partial charge in [-0.2, -0.15) is 0 Å². The number of hydrogen-bond donors (Lipinski definition) is 1. The number of fused-ring (bicyclic) bond motifs is 1. The van der Waals surface area contributed by atoms with Gasteiger partial charge in [-0.25, -0.2) is 0 Å². The minimum Gasteiger partial charge on any atom is -0.405 e. The highest BCUT2D eigenvalue weighted by Crippen LogP contribution is 2.33. The summed E-state index contributed by atoms with van der Waals surface area (Å²) in [6, 6.07) is 11.9. The summed E-state index contributed by atoms with van der Waals surface area (Å²) >= 11 is 5.85. The number of ether oxygens (including phenoxy) is 1. The van der Waals surface area contributed by atoms with Gasteiger partial charge >= 0.3 is 6.36 Å². The Morgan fingerprint density at radius 2 is 1.78 bits per heavy atom. The van der Waals surface area contributed by atoms with Crippen molar-refractivity contribution in [2.45, 2.75) is 6.36 Å². The van der Waals surface area contributed by atoms with E-state index in [1.807, 2.05) is 0 Å². The zero-order valence-electron chi connectivity index (χ0n) is 11.4. The number of pyridine rings is 1. The number of alkyl halides is 3. The van der Waals surface area contributed by atoms with Gasteiger partial charge in [0.25, 0.3) is 5.56 Å². The average molecular weight is 340 g/mol. The molecule has 0 aliphatic heterocycles. The molecular formula is C16H9ClF3NO2. The molecular weight excluding hydrogens is 331 g/mol. The lowest BCUT2D eigenvalue weighted by molar-refractivity contribution is -0.274. The molecule has 3 nitrogen and oxygen atoms in total. The molecule has 0 aliphatic rings. The zero-order chi connectivity index (χ0) is 16.6. The molecule has 0 unspecified atom stereocenters. The molecule has 3 rings (SSSR count). The molecule has 23 heavy (non-hydrogen) atoms. The normalized spacial score (nSPS) is 11.7. The molecule has 0 radical (unpaired) electrons. The van der Waals surface area contributed by atoms with Crippen molar-refractivity contribution >= 4 is 22.4 Å². The van der Waals surface area contributed by atoms with Crippen molar-refractivity contribution < 1.29 is 17.9 Å². The van der Waals surface area contributed by atoms with Gasteiger partial charge in [0.05, 0.1) is 5.69 Å². The lowest BCUT2D eigenvalue weighted by atomic mass is 10.1. The third-order valence-electron chi connectivity index (χ3n) is 3.21. The monoisotopic (exact) mass is 339 g/mol. The zero-order valence-corrected chi connectivity index (χ0v) is 12.2. The maximum Gasteiger partial charge on any atom is 0.573 e. The third kappa shape index (κ3) is 3.32. The fraction of sp³-hybridized carbons (Fsp3) is 0.0625. The van der Waals surface area contributed by atoms with Crippen LogP contribution in [0, 0.1) is 0 Å². The first-order valence-electron chi connectivity index (χ1n) is 6.51. The summed E-state index contributed by atoms with van der Waals surface area (Å²) in [5.74, 6) is -0.385. The molecule has 118 valence electrons. The van der Waals surface area contributed by atoms with E-state index in [2.05, 4.69) is 9.72 Å². The Morgan fingerprint density at radius 3 is 2.52 bits per heavy atom. The van der Waals surface area contributed by atoms with Crippen LogP contribution in [0.5, 0.6) is 5.75 Å². The van der Waals surface area contributed by atoms with Crippen molar-refractivity contribution in [2.24, 2.45) is 0 Å². The van der Waals surface area contributed by atoms with Gasteiger partial charge in [-0.05, 0) is 35.7 Å². The second-order valence-corrected chi connectivity index (χ2v) is 5.22. The van der Waals surface area contributed by atoms with Crippen LogP contribution in [0.3, 0.4) is 0 Å². The fourth-order valence-corrected chi connectivity index (χ4v) is 2.45. The molecule has 1 N–H and O–H groups in total. The first-order valence-corrected chi connectivity index (χ1v) is 6.89. The van der Waals surface area contributed by atoms with Crippen molar-refractivity contribution in [3.8, 4) is 17.0 Å². The van der Waals surface area contributed by atoms with Gasteiger partial charge in [0.1, 0.15) is 5.75 Å². The number of hydrogen-bond acceptors (Lipinski definition) is 2. The lowest BCUT2D eigenvalue weighted by Gasteiger charge is -2.13. The standard InChI is InChI=1S/C16H9ClF3NO2/c17-10-6-5-9-7-13(21-15(22)12(9)8-10)11-3-1-2-4-14(11)23-16(18,19)20/h1-8H,(H,21,22). The Morgan fingerprint density at radius 1 is 1.04 bits per heavy atom. The van der Waals surface area contributed by atoms with Crippen LogP contribution in [0.1, 0.15) is 0 Å². The molecule has 0 saturated carbocycles. The Balaban J connectivity index is 2.18. The van der Waals surface area contributed by atoms with Crippen molar-refractivity contribution in [3.05, 3.63) is 63.9 Å². The molecule has 2 aromatic carbocycles. The van der Waals surface area contributed by atoms with E-state index >= 15 is 0 Å². The summed E-state index contributed by atoms with van der Waals surface area (Å²) < 4.78 is 41.5. The van der Waals surface area contributed by atoms with E-state index in [1.54, 1.807) is 24.3 Å². The number of rotatable bonds is 2. The fourth-order valence-electron chi connectivity index (χ4n) is 2.28. The topological polar surface area (TPSA) is 42.1 Å². The van der Waals surface area contributed by atoms with Crippen molar-refractivity contribution in [2.75, 3.05) is 0 Å². The Bertz CT molecular complexity index is 934. The number of para-hydroxylation sites is 1. The third-order valence-corrected chi connectivity index (χ3v) is 3.45. The van der Waals surface area contributed by atoms with Crippen LogP contribution >= 0.6 is 11.6 Å². The number of nitrogens with one attached hydrogen (secondary N) is 1. The van der Waals surface area contributed by atoms with Gasteiger partial charge in [0, 0.05) is 16.0 Å². The van der Waals surface area contributed by atoms with Gasteiger partial charge in [-0.15, -0.1) is 13.2 Å². The van der Waals surface area contributed by atoms with Gasteiger partial charge in [-0.3, -0.25) is 4.79 Å². The summed E-state index contributed by atoms with van der Waals surface area (Å²) in [4.78, 5) is 14.7. The van der Waals surface area contributed by atoms with Crippen LogP contribution in [-0.4, -0.2) is 11.3 Å². The van der Waals surface area contributed by atoms with E-state index in [4.69, 9.17) is 11.6 Å². The van der Waals surface area contributed by atoms with Crippen molar-refractivity contribution in [1.29, 1.82) is 0 Å². The van der Waals surface area contributed by atoms with Crippen molar-refractivity contribution in [3.63, 3.8) is 0 Å². The van der Waals surface area contributed by atoms with Gasteiger partial charge in [0.15, 0.2) is 0 Å². The molecule has 0 spiro atoms. The predicted octanol–water partition coefficient (Wildman–Crippen LogP) is 4.75. The quantitative estimate of drug-likeness (QED) is 0.732. The molecule has 7 heteroatoms. The molecule has 0 atom stereocenters. The van der Waals surface area contributed by atoms with E-state index < -0.39 is 11.9 Å². The summed E-state index contributed by atoms with van der Waals surface area (Å²) in [5.41, 5.74) is -0.0785. The van der Waals surface area contributed by atoms with E-state index in [9.17, 15) is 18.0 Å². The highest BCUT2D eigenvalue weighted by molar-refractivity contribution is 6.31. The molecule has 1 aromatic heterocycles. The second-order valence-electron chi connectivity index (χ2n) is 4.79. The minimum absolute atomic E-state index is 0.138. The second kappa shape index (κ2) is 5.62. The SMILES string of the molecule is O=c1[nH]c(-c2ccccc2OC(F)(F)F)cc2ccc(Cl)cc12. The summed E-state index contributed by atoms with van der Waals surface area (Å²) in [6.45, 7) is 0. The first-order chi connectivity index (χ1) is 10.8. The van der Waals surface area contributed by atoms with Gasteiger partial charge in [-0.1, -0.05) is 29.8 Å². The molecule has 0 fully saturated rings.